The highest BCUT2D eigenvalue weighted by Gasteiger charge is 2.66. The van der Waals surface area contributed by atoms with E-state index in [9.17, 15) is 26.0 Å². The standard InChI is InChI=1S/C18H18F4N2O3S/c1-5-7-13(6-2)24-11-17(18(20,21)22,28(4,25)26)23-16(24)12-8-9-15(27-3)14(19)10-12/h5-10H,1-2,11H2,3-4H3/b13-7+. The second-order valence-corrected chi connectivity index (χ2v) is 8.18. The number of ether oxygens (including phenoxy) is 1. The summed E-state index contributed by atoms with van der Waals surface area (Å²) in [4.78, 5) is 1.17. The highest BCUT2D eigenvalue weighted by molar-refractivity contribution is 7.92. The van der Waals surface area contributed by atoms with Gasteiger partial charge in [-0.05, 0) is 30.4 Å². The Bertz CT molecular complexity index is 968. The van der Waals surface area contributed by atoms with E-state index >= 15 is 0 Å². The molecule has 1 atom stereocenters. The van der Waals surface area contributed by atoms with Crippen molar-refractivity contribution in [1.29, 1.82) is 0 Å². The first-order valence-electron chi connectivity index (χ1n) is 7.84. The van der Waals surface area contributed by atoms with Crippen molar-refractivity contribution >= 4 is 15.7 Å². The fourth-order valence-corrected chi connectivity index (χ4v) is 3.78. The van der Waals surface area contributed by atoms with Gasteiger partial charge in [-0.15, -0.1) is 0 Å². The molecule has 1 unspecified atom stereocenters. The molecular weight excluding hydrogens is 400 g/mol. The normalized spacial score (nSPS) is 20.7. The van der Waals surface area contributed by atoms with Crippen molar-refractivity contribution in [3.63, 3.8) is 0 Å². The van der Waals surface area contributed by atoms with E-state index in [2.05, 4.69) is 18.2 Å². The zero-order valence-corrected chi connectivity index (χ0v) is 15.9. The van der Waals surface area contributed by atoms with Crippen LogP contribution >= 0.6 is 0 Å². The maximum atomic E-state index is 14.1. The van der Waals surface area contributed by atoms with Gasteiger partial charge in [-0.1, -0.05) is 19.2 Å². The first-order valence-corrected chi connectivity index (χ1v) is 9.73. The van der Waals surface area contributed by atoms with E-state index in [0.717, 1.165) is 11.0 Å². The number of alkyl halides is 3. The molecule has 28 heavy (non-hydrogen) atoms. The van der Waals surface area contributed by atoms with Crippen molar-refractivity contribution in [3.05, 3.63) is 66.7 Å². The molecule has 0 amide bonds. The van der Waals surface area contributed by atoms with Gasteiger partial charge in [-0.25, -0.2) is 17.8 Å². The molecule has 0 aromatic heterocycles. The number of sulfone groups is 1. The van der Waals surface area contributed by atoms with Gasteiger partial charge in [-0.2, -0.15) is 13.2 Å². The second-order valence-electron chi connectivity index (χ2n) is 5.96. The smallest absolute Gasteiger partial charge is 0.429 e. The Morgan fingerprint density at radius 1 is 1.36 bits per heavy atom. The van der Waals surface area contributed by atoms with Crippen LogP contribution in [0.1, 0.15) is 5.56 Å². The molecule has 0 fully saturated rings. The third kappa shape index (κ3) is 3.56. The minimum atomic E-state index is -5.20. The summed E-state index contributed by atoms with van der Waals surface area (Å²) in [5.74, 6) is -1.32. The second kappa shape index (κ2) is 7.42. The largest absolute Gasteiger partial charge is 0.494 e. The number of nitrogens with zero attached hydrogens (tertiary/aromatic N) is 2. The first-order chi connectivity index (χ1) is 12.9. The number of halogens is 4. The minimum absolute atomic E-state index is 0.0510. The fraction of sp³-hybridized carbons (Fsp3) is 0.278. The third-order valence-electron chi connectivity index (χ3n) is 4.19. The molecule has 0 aliphatic carbocycles. The average molecular weight is 418 g/mol. The Hall–Kier alpha value is -2.62. The first kappa shape index (κ1) is 21.7. The van der Waals surface area contributed by atoms with Crippen LogP contribution in [0.5, 0.6) is 5.75 Å². The topological polar surface area (TPSA) is 59.0 Å². The van der Waals surface area contributed by atoms with Crippen LogP contribution in [0.3, 0.4) is 0 Å². The predicted octanol–water partition coefficient (Wildman–Crippen LogP) is 3.46. The third-order valence-corrected chi connectivity index (χ3v) is 5.87. The van der Waals surface area contributed by atoms with E-state index in [0.29, 0.717) is 6.26 Å². The summed E-state index contributed by atoms with van der Waals surface area (Å²) in [7, 11) is -3.50. The van der Waals surface area contributed by atoms with Gasteiger partial charge in [-0.3, -0.25) is 0 Å². The van der Waals surface area contributed by atoms with Crippen molar-refractivity contribution in [2.45, 2.75) is 11.0 Å². The molecule has 2 rings (SSSR count). The van der Waals surface area contributed by atoms with Gasteiger partial charge in [0.05, 0.1) is 13.7 Å². The molecule has 1 aromatic carbocycles. The zero-order chi connectivity index (χ0) is 21.3. The summed E-state index contributed by atoms with van der Waals surface area (Å²) in [5, 5.41) is 0. The van der Waals surface area contributed by atoms with Gasteiger partial charge < -0.3 is 9.64 Å². The van der Waals surface area contributed by atoms with Crippen LogP contribution in [-0.4, -0.2) is 50.1 Å². The van der Waals surface area contributed by atoms with Gasteiger partial charge in [0, 0.05) is 17.5 Å². The van der Waals surface area contributed by atoms with Crippen molar-refractivity contribution < 1.29 is 30.7 Å². The lowest BCUT2D eigenvalue weighted by atomic mass is 10.1. The van der Waals surface area contributed by atoms with E-state index in [-0.39, 0.29) is 22.8 Å². The molecule has 1 aliphatic heterocycles. The van der Waals surface area contributed by atoms with Gasteiger partial charge >= 0.3 is 6.18 Å². The Morgan fingerprint density at radius 3 is 2.43 bits per heavy atom. The van der Waals surface area contributed by atoms with Gasteiger partial charge in [0.25, 0.3) is 4.87 Å². The molecule has 1 aromatic rings. The van der Waals surface area contributed by atoms with Gasteiger partial charge in [0.15, 0.2) is 21.4 Å². The number of methoxy groups -OCH3 is 1. The predicted molar refractivity (Wildman–Crippen MR) is 98.3 cm³/mol. The molecule has 1 heterocycles. The number of aliphatic imine (C=N–C) groups is 1. The number of allylic oxidation sites excluding steroid dienone is 3. The van der Waals surface area contributed by atoms with Crippen molar-refractivity contribution in [2.24, 2.45) is 4.99 Å². The monoisotopic (exact) mass is 418 g/mol. The highest BCUT2D eigenvalue weighted by Crippen LogP contribution is 2.44. The summed E-state index contributed by atoms with van der Waals surface area (Å²) in [6.45, 7) is 5.97. The average Bonchev–Trinajstić information content (AvgIpc) is 3.01. The number of rotatable bonds is 6. The minimum Gasteiger partial charge on any atom is -0.494 e. The van der Waals surface area contributed by atoms with Crippen LogP contribution in [0, 0.1) is 5.82 Å². The van der Waals surface area contributed by atoms with E-state index in [1.165, 1.54) is 37.5 Å². The lowest BCUT2D eigenvalue weighted by Gasteiger charge is -2.29. The van der Waals surface area contributed by atoms with E-state index < -0.39 is 33.2 Å². The van der Waals surface area contributed by atoms with Crippen LogP contribution in [-0.2, 0) is 9.84 Å². The summed E-state index contributed by atoms with van der Waals surface area (Å²) >= 11 is 0. The quantitative estimate of drug-likeness (QED) is 0.525. The molecule has 0 bridgehead atoms. The number of benzene rings is 1. The SMILES string of the molecule is C=C/C=C(\C=C)N1CC(C(F)(F)F)(S(C)(=O)=O)N=C1c1ccc(OC)c(F)c1. The van der Waals surface area contributed by atoms with Crippen LogP contribution < -0.4 is 4.74 Å². The molecule has 0 spiro atoms. The molecule has 0 saturated carbocycles. The van der Waals surface area contributed by atoms with Crippen molar-refractivity contribution in [1.82, 2.24) is 4.90 Å². The number of amidine groups is 1. The van der Waals surface area contributed by atoms with E-state index in [1.54, 1.807) is 0 Å². The Kier molecular flexibility index (Phi) is 5.74. The van der Waals surface area contributed by atoms with Crippen molar-refractivity contribution in [3.8, 4) is 5.75 Å². The summed E-state index contributed by atoms with van der Waals surface area (Å²) < 4.78 is 84.8. The molecule has 1 aliphatic rings. The molecule has 0 N–H and O–H groups in total. The Balaban J connectivity index is 2.80. The maximum absolute atomic E-state index is 14.1. The summed E-state index contributed by atoms with van der Waals surface area (Å²) in [5.41, 5.74) is 0.0737. The van der Waals surface area contributed by atoms with Crippen molar-refractivity contribution in [2.75, 3.05) is 19.9 Å². The van der Waals surface area contributed by atoms with Crippen LogP contribution in [0.15, 0.2) is 60.3 Å². The van der Waals surface area contributed by atoms with Gasteiger partial charge in [0.1, 0.15) is 5.84 Å². The Labute approximate surface area is 160 Å². The zero-order valence-electron chi connectivity index (χ0n) is 15.1. The molecule has 10 heteroatoms. The van der Waals surface area contributed by atoms with Crippen LogP contribution in [0.25, 0.3) is 0 Å². The molecule has 0 radical (unpaired) electrons. The number of hydrogen-bond donors (Lipinski definition) is 0. The fourth-order valence-electron chi connectivity index (χ4n) is 2.75. The number of hydrogen-bond acceptors (Lipinski definition) is 5. The van der Waals surface area contributed by atoms with E-state index in [4.69, 9.17) is 4.74 Å². The highest BCUT2D eigenvalue weighted by atomic mass is 32.2. The molecule has 5 nitrogen and oxygen atoms in total. The lowest BCUT2D eigenvalue weighted by Crippen LogP contribution is -2.53. The van der Waals surface area contributed by atoms with Gasteiger partial charge in [0.2, 0.25) is 0 Å². The molecular formula is C18H18F4N2O3S. The van der Waals surface area contributed by atoms with Crippen LogP contribution in [0.2, 0.25) is 0 Å². The van der Waals surface area contributed by atoms with E-state index in [1.807, 2.05) is 0 Å². The maximum Gasteiger partial charge on any atom is 0.429 e. The summed E-state index contributed by atoms with van der Waals surface area (Å²) in [6.07, 6.45) is -0.864. The lowest BCUT2D eigenvalue weighted by molar-refractivity contribution is -0.158. The van der Waals surface area contributed by atoms with Crippen LogP contribution in [0.4, 0.5) is 17.6 Å². The molecule has 0 saturated heterocycles. The molecule has 152 valence electrons. The summed E-state index contributed by atoms with van der Waals surface area (Å²) in [6, 6.07) is 3.43. The Morgan fingerprint density at radius 2 is 2.00 bits per heavy atom.